The van der Waals surface area contributed by atoms with E-state index in [1.165, 1.54) is 18.2 Å². The van der Waals surface area contributed by atoms with Gasteiger partial charge in [0.1, 0.15) is 11.6 Å². The molecule has 0 fully saturated rings. The Hall–Kier alpha value is -2.94. The van der Waals surface area contributed by atoms with Gasteiger partial charge in [-0.3, -0.25) is 14.9 Å². The fraction of sp³-hybridized carbons (Fsp3) is 0.294. The molecule has 0 bridgehead atoms. The van der Waals surface area contributed by atoms with Crippen LogP contribution in [0.1, 0.15) is 25.8 Å². The van der Waals surface area contributed by atoms with Gasteiger partial charge in [-0.25, -0.2) is 0 Å². The van der Waals surface area contributed by atoms with Gasteiger partial charge in [-0.1, -0.05) is 13.8 Å². The normalized spacial score (nSPS) is 10.5. The molecule has 0 aliphatic heterocycles. The van der Waals surface area contributed by atoms with Crippen molar-refractivity contribution in [3.8, 4) is 17.3 Å². The maximum Gasteiger partial charge on any atom is 0.269 e. The van der Waals surface area contributed by atoms with Gasteiger partial charge in [0.15, 0.2) is 0 Å². The molecule has 1 heterocycles. The predicted octanol–water partition coefficient (Wildman–Crippen LogP) is 3.34. The van der Waals surface area contributed by atoms with Crippen LogP contribution in [-0.4, -0.2) is 9.49 Å². The maximum absolute atomic E-state index is 12.4. The van der Waals surface area contributed by atoms with Gasteiger partial charge in [0.05, 0.1) is 10.6 Å². The zero-order chi connectivity index (χ0) is 17.0. The Bertz CT molecular complexity index is 814. The monoisotopic (exact) mass is 311 g/mol. The number of benzene rings is 1. The summed E-state index contributed by atoms with van der Waals surface area (Å²) in [5.41, 5.74) is 1.13. The van der Waals surface area contributed by atoms with Crippen molar-refractivity contribution < 1.29 is 4.92 Å². The SMILES string of the molecule is CC(C)CCn1c(-c2ccc([N+](=O)[O-])cc2)ccc(C#N)c1=O. The molecule has 6 nitrogen and oxygen atoms in total. The zero-order valence-electron chi connectivity index (χ0n) is 13.0. The lowest BCUT2D eigenvalue weighted by atomic mass is 10.1. The van der Waals surface area contributed by atoms with Gasteiger partial charge in [0, 0.05) is 18.7 Å². The third-order valence-corrected chi connectivity index (χ3v) is 3.60. The van der Waals surface area contributed by atoms with Crippen LogP contribution in [-0.2, 0) is 6.54 Å². The number of rotatable bonds is 5. The molecule has 0 unspecified atom stereocenters. The molecule has 6 heteroatoms. The molecule has 0 N–H and O–H groups in total. The standard InChI is InChI=1S/C17H17N3O3/c1-12(2)9-10-19-16(8-5-14(11-18)17(19)21)13-3-6-15(7-4-13)20(22)23/h3-8,12H,9-10H2,1-2H3. The predicted molar refractivity (Wildman–Crippen MR) is 87.0 cm³/mol. The van der Waals surface area contributed by atoms with Crippen molar-refractivity contribution in [3.05, 3.63) is 62.4 Å². The highest BCUT2D eigenvalue weighted by Crippen LogP contribution is 2.22. The minimum absolute atomic E-state index is 0.00141. The minimum atomic E-state index is -0.464. The van der Waals surface area contributed by atoms with E-state index in [2.05, 4.69) is 13.8 Å². The fourth-order valence-corrected chi connectivity index (χ4v) is 2.28. The van der Waals surface area contributed by atoms with Crippen molar-refractivity contribution in [2.75, 3.05) is 0 Å². The second kappa shape index (κ2) is 6.88. The average molecular weight is 311 g/mol. The molecule has 1 aromatic heterocycles. The number of hydrogen-bond donors (Lipinski definition) is 0. The van der Waals surface area contributed by atoms with E-state index in [1.807, 2.05) is 6.07 Å². The molecule has 2 rings (SSSR count). The first-order chi connectivity index (χ1) is 10.9. The quantitative estimate of drug-likeness (QED) is 0.625. The first-order valence-corrected chi connectivity index (χ1v) is 7.32. The first kappa shape index (κ1) is 16.4. The van der Waals surface area contributed by atoms with Gasteiger partial charge < -0.3 is 4.57 Å². The van der Waals surface area contributed by atoms with E-state index in [-0.39, 0.29) is 16.8 Å². The van der Waals surface area contributed by atoms with Crippen molar-refractivity contribution in [1.82, 2.24) is 4.57 Å². The molecular weight excluding hydrogens is 294 g/mol. The summed E-state index contributed by atoms with van der Waals surface area (Å²) in [7, 11) is 0. The number of nitro benzene ring substituents is 1. The van der Waals surface area contributed by atoms with Crippen molar-refractivity contribution >= 4 is 5.69 Å². The summed E-state index contributed by atoms with van der Waals surface area (Å²) in [6.45, 7) is 4.62. The minimum Gasteiger partial charge on any atom is -0.307 e. The molecule has 0 amide bonds. The van der Waals surface area contributed by atoms with E-state index < -0.39 is 4.92 Å². The van der Waals surface area contributed by atoms with Gasteiger partial charge in [-0.2, -0.15) is 5.26 Å². The summed E-state index contributed by atoms with van der Waals surface area (Å²) in [6.07, 6.45) is 0.800. The molecular formula is C17H17N3O3. The van der Waals surface area contributed by atoms with Gasteiger partial charge in [-0.05, 0) is 42.2 Å². The average Bonchev–Trinajstić information content (AvgIpc) is 2.53. The number of nitro groups is 1. The molecule has 0 spiro atoms. The first-order valence-electron chi connectivity index (χ1n) is 7.32. The summed E-state index contributed by atoms with van der Waals surface area (Å²) in [5, 5.41) is 19.8. The van der Waals surface area contributed by atoms with Gasteiger partial charge in [0.25, 0.3) is 11.2 Å². The van der Waals surface area contributed by atoms with E-state index in [0.717, 1.165) is 6.42 Å². The molecule has 0 aliphatic rings. The zero-order valence-corrected chi connectivity index (χ0v) is 13.0. The molecule has 0 saturated carbocycles. The van der Waals surface area contributed by atoms with Crippen LogP contribution < -0.4 is 5.56 Å². The molecule has 118 valence electrons. The number of hydrogen-bond acceptors (Lipinski definition) is 4. The van der Waals surface area contributed by atoms with E-state index >= 15 is 0 Å². The molecule has 0 aliphatic carbocycles. The van der Waals surface area contributed by atoms with Crippen LogP contribution in [0.25, 0.3) is 11.3 Å². The van der Waals surface area contributed by atoms with E-state index in [1.54, 1.807) is 22.8 Å². The lowest BCUT2D eigenvalue weighted by Crippen LogP contribution is -2.24. The number of non-ortho nitro benzene ring substituents is 1. The lowest BCUT2D eigenvalue weighted by Gasteiger charge is -2.14. The molecule has 0 atom stereocenters. The summed E-state index contributed by atoms with van der Waals surface area (Å²) in [5.74, 6) is 0.414. The highest BCUT2D eigenvalue weighted by molar-refractivity contribution is 5.62. The second-order valence-corrected chi connectivity index (χ2v) is 5.69. The Morgan fingerprint density at radius 3 is 2.39 bits per heavy atom. The lowest BCUT2D eigenvalue weighted by molar-refractivity contribution is -0.384. The Morgan fingerprint density at radius 2 is 1.87 bits per heavy atom. The fourth-order valence-electron chi connectivity index (χ4n) is 2.28. The Balaban J connectivity index is 2.52. The van der Waals surface area contributed by atoms with Crippen molar-refractivity contribution in [2.45, 2.75) is 26.8 Å². The van der Waals surface area contributed by atoms with E-state index in [9.17, 15) is 14.9 Å². The van der Waals surface area contributed by atoms with E-state index in [4.69, 9.17) is 5.26 Å². The topological polar surface area (TPSA) is 88.9 Å². The third-order valence-electron chi connectivity index (χ3n) is 3.60. The summed E-state index contributed by atoms with van der Waals surface area (Å²) < 4.78 is 1.57. The van der Waals surface area contributed by atoms with Gasteiger partial charge >= 0.3 is 0 Å². The number of aromatic nitrogens is 1. The van der Waals surface area contributed by atoms with Crippen LogP contribution in [0.15, 0.2) is 41.2 Å². The van der Waals surface area contributed by atoms with Gasteiger partial charge in [0.2, 0.25) is 0 Å². The molecule has 1 aromatic carbocycles. The number of nitriles is 1. The summed E-state index contributed by atoms with van der Waals surface area (Å²) >= 11 is 0. The molecule has 23 heavy (non-hydrogen) atoms. The Labute approximate surface area is 133 Å². The molecule has 2 aromatic rings. The largest absolute Gasteiger partial charge is 0.307 e. The highest BCUT2D eigenvalue weighted by Gasteiger charge is 2.12. The van der Waals surface area contributed by atoms with Crippen LogP contribution in [0.5, 0.6) is 0 Å². The Kier molecular flexibility index (Phi) is 4.91. The molecule has 0 saturated heterocycles. The van der Waals surface area contributed by atoms with Crippen LogP contribution >= 0.6 is 0 Å². The van der Waals surface area contributed by atoms with Crippen LogP contribution in [0.4, 0.5) is 5.69 Å². The van der Waals surface area contributed by atoms with E-state index in [0.29, 0.717) is 23.7 Å². The van der Waals surface area contributed by atoms with Crippen molar-refractivity contribution in [3.63, 3.8) is 0 Å². The Morgan fingerprint density at radius 1 is 1.22 bits per heavy atom. The number of nitrogens with zero attached hydrogens (tertiary/aromatic N) is 3. The smallest absolute Gasteiger partial charge is 0.269 e. The van der Waals surface area contributed by atoms with Crippen LogP contribution in [0.3, 0.4) is 0 Å². The van der Waals surface area contributed by atoms with Crippen LogP contribution in [0.2, 0.25) is 0 Å². The van der Waals surface area contributed by atoms with Crippen molar-refractivity contribution in [2.24, 2.45) is 5.92 Å². The second-order valence-electron chi connectivity index (χ2n) is 5.69. The number of pyridine rings is 1. The third kappa shape index (κ3) is 3.64. The summed E-state index contributed by atoms with van der Waals surface area (Å²) in [6, 6.07) is 11.2. The maximum atomic E-state index is 12.4. The highest BCUT2D eigenvalue weighted by atomic mass is 16.6. The van der Waals surface area contributed by atoms with Crippen molar-refractivity contribution in [1.29, 1.82) is 5.26 Å². The van der Waals surface area contributed by atoms with Crippen LogP contribution in [0, 0.1) is 27.4 Å². The molecule has 0 radical (unpaired) electrons. The summed E-state index contributed by atoms with van der Waals surface area (Å²) in [4.78, 5) is 22.7. The van der Waals surface area contributed by atoms with Gasteiger partial charge in [-0.15, -0.1) is 0 Å².